The van der Waals surface area contributed by atoms with E-state index in [0.717, 1.165) is 19.5 Å². The standard InChI is InChI=1S/C12H15ClN2O2/c1-12(2)3-4-15(7-12)10-6-8(11(16)17)5-9(13)14-10/h5-6H,3-4,7H2,1-2H3,(H,16,17). The first-order valence-electron chi connectivity index (χ1n) is 5.53. The molecular weight excluding hydrogens is 240 g/mol. The van der Waals surface area contributed by atoms with Gasteiger partial charge in [-0.1, -0.05) is 25.4 Å². The highest BCUT2D eigenvalue weighted by Crippen LogP contribution is 2.32. The van der Waals surface area contributed by atoms with Crippen molar-refractivity contribution in [1.29, 1.82) is 0 Å². The number of aromatic nitrogens is 1. The quantitative estimate of drug-likeness (QED) is 0.825. The minimum atomic E-state index is -0.978. The topological polar surface area (TPSA) is 53.4 Å². The van der Waals surface area contributed by atoms with Crippen molar-refractivity contribution in [1.82, 2.24) is 4.98 Å². The fourth-order valence-electron chi connectivity index (χ4n) is 2.08. The number of nitrogens with zero attached hydrogens (tertiary/aromatic N) is 2. The van der Waals surface area contributed by atoms with Crippen LogP contribution in [0.15, 0.2) is 12.1 Å². The van der Waals surface area contributed by atoms with Crippen LogP contribution in [0.2, 0.25) is 5.15 Å². The van der Waals surface area contributed by atoms with Crippen molar-refractivity contribution in [2.24, 2.45) is 5.41 Å². The van der Waals surface area contributed by atoms with E-state index in [9.17, 15) is 4.79 Å². The van der Waals surface area contributed by atoms with Crippen LogP contribution in [0, 0.1) is 5.41 Å². The van der Waals surface area contributed by atoms with Gasteiger partial charge < -0.3 is 10.0 Å². The lowest BCUT2D eigenvalue weighted by atomic mass is 9.93. The second-order valence-corrected chi connectivity index (χ2v) is 5.56. The van der Waals surface area contributed by atoms with Gasteiger partial charge in [0.25, 0.3) is 0 Å². The number of carboxylic acids is 1. The Morgan fingerprint density at radius 1 is 1.53 bits per heavy atom. The fraction of sp³-hybridized carbons (Fsp3) is 0.500. The van der Waals surface area contributed by atoms with Gasteiger partial charge in [0.05, 0.1) is 5.56 Å². The van der Waals surface area contributed by atoms with Crippen LogP contribution in [0.25, 0.3) is 0 Å². The maximum Gasteiger partial charge on any atom is 0.335 e. The van der Waals surface area contributed by atoms with Crippen molar-refractivity contribution in [3.05, 3.63) is 22.8 Å². The number of carboxylic acid groups (broad SMARTS) is 1. The molecule has 1 aromatic heterocycles. The monoisotopic (exact) mass is 254 g/mol. The number of carbonyl (C=O) groups is 1. The summed E-state index contributed by atoms with van der Waals surface area (Å²) < 4.78 is 0. The lowest BCUT2D eigenvalue weighted by molar-refractivity contribution is 0.0697. The number of hydrogen-bond acceptors (Lipinski definition) is 3. The molecule has 1 aliphatic heterocycles. The van der Waals surface area contributed by atoms with E-state index >= 15 is 0 Å². The lowest BCUT2D eigenvalue weighted by Gasteiger charge is -2.21. The molecule has 92 valence electrons. The van der Waals surface area contributed by atoms with E-state index in [1.54, 1.807) is 6.07 Å². The van der Waals surface area contributed by atoms with Gasteiger partial charge in [-0.2, -0.15) is 0 Å². The molecule has 0 bridgehead atoms. The van der Waals surface area contributed by atoms with Crippen LogP contribution in [0.5, 0.6) is 0 Å². The summed E-state index contributed by atoms with van der Waals surface area (Å²) in [7, 11) is 0. The summed E-state index contributed by atoms with van der Waals surface area (Å²) in [6, 6.07) is 2.95. The van der Waals surface area contributed by atoms with Gasteiger partial charge in [-0.25, -0.2) is 9.78 Å². The van der Waals surface area contributed by atoms with Crippen LogP contribution >= 0.6 is 11.6 Å². The van der Waals surface area contributed by atoms with Gasteiger partial charge in [-0.15, -0.1) is 0 Å². The molecule has 1 fully saturated rings. The van der Waals surface area contributed by atoms with E-state index in [-0.39, 0.29) is 16.1 Å². The van der Waals surface area contributed by atoms with Gasteiger partial charge in [0, 0.05) is 13.1 Å². The number of pyridine rings is 1. The molecule has 17 heavy (non-hydrogen) atoms. The molecule has 0 atom stereocenters. The minimum Gasteiger partial charge on any atom is -0.478 e. The largest absolute Gasteiger partial charge is 0.478 e. The van der Waals surface area contributed by atoms with Gasteiger partial charge in [-0.05, 0) is 24.0 Å². The molecule has 5 heteroatoms. The van der Waals surface area contributed by atoms with Crippen molar-refractivity contribution >= 4 is 23.4 Å². The molecule has 1 aliphatic rings. The molecule has 2 rings (SSSR count). The summed E-state index contributed by atoms with van der Waals surface area (Å²) in [6.45, 7) is 6.14. The Kier molecular flexibility index (Phi) is 3.00. The predicted octanol–water partition coefficient (Wildman–Crippen LogP) is 2.67. The Balaban J connectivity index is 2.30. The first-order valence-corrected chi connectivity index (χ1v) is 5.91. The molecular formula is C12H15ClN2O2. The molecule has 0 saturated carbocycles. The van der Waals surface area contributed by atoms with Gasteiger partial charge in [0.15, 0.2) is 0 Å². The molecule has 1 N–H and O–H groups in total. The summed E-state index contributed by atoms with van der Waals surface area (Å²) >= 11 is 5.84. The summed E-state index contributed by atoms with van der Waals surface area (Å²) in [5.41, 5.74) is 0.428. The van der Waals surface area contributed by atoms with Crippen LogP contribution < -0.4 is 4.90 Å². The average Bonchev–Trinajstić information content (AvgIpc) is 2.58. The highest BCUT2D eigenvalue weighted by molar-refractivity contribution is 6.29. The molecule has 0 unspecified atom stereocenters. The van der Waals surface area contributed by atoms with Gasteiger partial charge >= 0.3 is 5.97 Å². The van der Waals surface area contributed by atoms with Gasteiger partial charge in [0.1, 0.15) is 11.0 Å². The molecule has 1 saturated heterocycles. The van der Waals surface area contributed by atoms with E-state index in [4.69, 9.17) is 16.7 Å². The molecule has 0 amide bonds. The first-order chi connectivity index (χ1) is 7.87. The SMILES string of the molecule is CC1(C)CCN(c2cc(C(=O)O)cc(Cl)n2)C1. The molecule has 0 aromatic carbocycles. The maximum absolute atomic E-state index is 10.9. The van der Waals surface area contributed by atoms with Crippen molar-refractivity contribution in [3.63, 3.8) is 0 Å². The third kappa shape index (κ3) is 2.69. The highest BCUT2D eigenvalue weighted by Gasteiger charge is 2.30. The summed E-state index contributed by atoms with van der Waals surface area (Å²) in [6.07, 6.45) is 1.07. The number of aromatic carboxylic acids is 1. The van der Waals surface area contributed by atoms with E-state index in [1.165, 1.54) is 6.07 Å². The molecule has 4 nitrogen and oxygen atoms in total. The van der Waals surface area contributed by atoms with Crippen LogP contribution in [-0.4, -0.2) is 29.1 Å². The second-order valence-electron chi connectivity index (χ2n) is 5.18. The number of hydrogen-bond donors (Lipinski definition) is 1. The summed E-state index contributed by atoms with van der Waals surface area (Å²) in [4.78, 5) is 17.2. The Morgan fingerprint density at radius 2 is 2.24 bits per heavy atom. The molecule has 0 aliphatic carbocycles. The van der Waals surface area contributed by atoms with Gasteiger partial charge in [-0.3, -0.25) is 0 Å². The number of halogens is 1. The Hall–Kier alpha value is -1.29. The molecule has 1 aromatic rings. The van der Waals surface area contributed by atoms with E-state index < -0.39 is 5.97 Å². The normalized spacial score (nSPS) is 18.4. The fourth-order valence-corrected chi connectivity index (χ4v) is 2.28. The zero-order valence-electron chi connectivity index (χ0n) is 9.90. The van der Waals surface area contributed by atoms with Crippen LogP contribution in [0.1, 0.15) is 30.6 Å². The Labute approximate surface area is 105 Å². The van der Waals surface area contributed by atoms with Crippen LogP contribution in [-0.2, 0) is 0 Å². The predicted molar refractivity (Wildman–Crippen MR) is 66.8 cm³/mol. The smallest absolute Gasteiger partial charge is 0.335 e. The first kappa shape index (κ1) is 12.2. The van der Waals surface area contributed by atoms with Crippen molar-refractivity contribution < 1.29 is 9.90 Å². The molecule has 0 spiro atoms. The van der Waals surface area contributed by atoms with E-state index in [0.29, 0.717) is 5.82 Å². The second kappa shape index (κ2) is 4.18. The number of rotatable bonds is 2. The van der Waals surface area contributed by atoms with Crippen molar-refractivity contribution in [2.75, 3.05) is 18.0 Å². The lowest BCUT2D eigenvalue weighted by Crippen LogP contribution is -2.24. The van der Waals surface area contributed by atoms with Crippen LogP contribution in [0.4, 0.5) is 5.82 Å². The zero-order valence-corrected chi connectivity index (χ0v) is 10.7. The van der Waals surface area contributed by atoms with Crippen molar-refractivity contribution in [3.8, 4) is 0 Å². The number of anilines is 1. The minimum absolute atomic E-state index is 0.185. The third-order valence-corrected chi connectivity index (χ3v) is 3.22. The third-order valence-electron chi connectivity index (χ3n) is 3.03. The summed E-state index contributed by atoms with van der Waals surface area (Å²) in [5.74, 6) is -0.325. The van der Waals surface area contributed by atoms with Crippen molar-refractivity contribution in [2.45, 2.75) is 20.3 Å². The molecule has 0 radical (unpaired) electrons. The van der Waals surface area contributed by atoms with E-state index in [1.807, 2.05) is 0 Å². The summed E-state index contributed by atoms with van der Waals surface area (Å²) in [5, 5.41) is 9.20. The molecule has 2 heterocycles. The van der Waals surface area contributed by atoms with E-state index in [2.05, 4.69) is 23.7 Å². The Morgan fingerprint density at radius 3 is 2.76 bits per heavy atom. The van der Waals surface area contributed by atoms with Gasteiger partial charge in [0.2, 0.25) is 0 Å². The van der Waals surface area contributed by atoms with Crippen LogP contribution in [0.3, 0.4) is 0 Å². The average molecular weight is 255 g/mol. The zero-order chi connectivity index (χ0) is 12.6. The maximum atomic E-state index is 10.9. The Bertz CT molecular complexity index is 460. The highest BCUT2D eigenvalue weighted by atomic mass is 35.5.